The summed E-state index contributed by atoms with van der Waals surface area (Å²) in [5, 5.41) is 2.86. The van der Waals surface area contributed by atoms with Crippen molar-refractivity contribution >= 4 is 17.6 Å². The standard InChI is InChI=1S/C23H27NO4/c1-3-21(28-20-14-11-16-7-5-6-8-18(16)15-20)22(25)24-19-12-9-17(10-13-19)23(26)27-4-2/h9-15,21H,3-8H2,1-2H3,(H,24,25)/t21-/m1/s1. The van der Waals surface area contributed by atoms with Crippen molar-refractivity contribution in [1.82, 2.24) is 0 Å². The molecule has 2 aromatic carbocycles. The summed E-state index contributed by atoms with van der Waals surface area (Å²) in [4.78, 5) is 24.3. The van der Waals surface area contributed by atoms with Gasteiger partial charge in [0.1, 0.15) is 5.75 Å². The number of aryl methyl sites for hydroxylation is 2. The summed E-state index contributed by atoms with van der Waals surface area (Å²) in [6, 6.07) is 12.8. The van der Waals surface area contributed by atoms with E-state index in [1.54, 1.807) is 31.2 Å². The van der Waals surface area contributed by atoms with Crippen LogP contribution in [0.15, 0.2) is 42.5 Å². The third-order valence-electron chi connectivity index (χ3n) is 4.93. The number of rotatable bonds is 7. The molecule has 1 aliphatic carbocycles. The Balaban J connectivity index is 1.62. The van der Waals surface area contributed by atoms with Crippen LogP contribution in [-0.2, 0) is 22.4 Å². The van der Waals surface area contributed by atoms with Gasteiger partial charge in [-0.25, -0.2) is 4.79 Å². The third-order valence-corrected chi connectivity index (χ3v) is 4.93. The predicted molar refractivity (Wildman–Crippen MR) is 109 cm³/mol. The molecule has 5 nitrogen and oxygen atoms in total. The topological polar surface area (TPSA) is 64.6 Å². The molecule has 1 atom stereocenters. The SMILES string of the molecule is CCOC(=O)c1ccc(NC(=O)[C@@H](CC)Oc2ccc3c(c2)CCCC3)cc1. The summed E-state index contributed by atoms with van der Waals surface area (Å²) < 4.78 is 10.9. The van der Waals surface area contributed by atoms with Crippen molar-refractivity contribution in [2.45, 2.75) is 52.1 Å². The minimum absolute atomic E-state index is 0.205. The molecule has 3 rings (SSSR count). The molecule has 0 spiro atoms. The van der Waals surface area contributed by atoms with E-state index in [4.69, 9.17) is 9.47 Å². The van der Waals surface area contributed by atoms with E-state index in [2.05, 4.69) is 17.4 Å². The largest absolute Gasteiger partial charge is 0.481 e. The molecule has 0 radical (unpaired) electrons. The van der Waals surface area contributed by atoms with Gasteiger partial charge in [-0.05, 0) is 86.6 Å². The fraction of sp³-hybridized carbons (Fsp3) is 0.391. The van der Waals surface area contributed by atoms with E-state index in [1.165, 1.54) is 24.0 Å². The van der Waals surface area contributed by atoms with Crippen LogP contribution in [0.5, 0.6) is 5.75 Å². The maximum Gasteiger partial charge on any atom is 0.338 e. The summed E-state index contributed by atoms with van der Waals surface area (Å²) in [6.07, 6.45) is 4.62. The lowest BCUT2D eigenvalue weighted by atomic mass is 9.92. The van der Waals surface area contributed by atoms with Crippen LogP contribution >= 0.6 is 0 Å². The highest BCUT2D eigenvalue weighted by Gasteiger charge is 2.20. The van der Waals surface area contributed by atoms with Crippen LogP contribution in [0.3, 0.4) is 0 Å². The van der Waals surface area contributed by atoms with E-state index >= 15 is 0 Å². The van der Waals surface area contributed by atoms with Crippen LogP contribution in [0.4, 0.5) is 5.69 Å². The number of esters is 1. The molecular weight excluding hydrogens is 354 g/mol. The van der Waals surface area contributed by atoms with Gasteiger partial charge in [-0.15, -0.1) is 0 Å². The minimum atomic E-state index is -0.577. The van der Waals surface area contributed by atoms with Crippen LogP contribution in [0.2, 0.25) is 0 Å². The number of ether oxygens (including phenoxy) is 2. The number of fused-ring (bicyclic) bond motifs is 1. The smallest absolute Gasteiger partial charge is 0.338 e. The number of hydrogen-bond donors (Lipinski definition) is 1. The third kappa shape index (κ3) is 4.91. The summed E-state index contributed by atoms with van der Waals surface area (Å²) in [7, 11) is 0. The van der Waals surface area contributed by atoms with Gasteiger partial charge in [0, 0.05) is 5.69 Å². The van der Waals surface area contributed by atoms with Crippen LogP contribution < -0.4 is 10.1 Å². The van der Waals surface area contributed by atoms with Gasteiger partial charge in [0.25, 0.3) is 5.91 Å². The first-order valence-corrected chi connectivity index (χ1v) is 9.97. The van der Waals surface area contributed by atoms with E-state index < -0.39 is 6.10 Å². The van der Waals surface area contributed by atoms with Crippen LogP contribution in [0.25, 0.3) is 0 Å². The van der Waals surface area contributed by atoms with Gasteiger partial charge in [0.2, 0.25) is 0 Å². The fourth-order valence-corrected chi connectivity index (χ4v) is 3.40. The molecule has 0 unspecified atom stereocenters. The lowest BCUT2D eigenvalue weighted by Gasteiger charge is -2.20. The number of benzene rings is 2. The second kappa shape index (κ2) is 9.40. The number of anilines is 1. The normalized spacial score (nSPS) is 13.9. The van der Waals surface area contributed by atoms with E-state index in [0.717, 1.165) is 18.6 Å². The maximum absolute atomic E-state index is 12.6. The zero-order valence-corrected chi connectivity index (χ0v) is 16.5. The van der Waals surface area contributed by atoms with Gasteiger partial charge < -0.3 is 14.8 Å². The van der Waals surface area contributed by atoms with Crippen LogP contribution in [0.1, 0.15) is 54.6 Å². The molecule has 0 saturated heterocycles. The highest BCUT2D eigenvalue weighted by Crippen LogP contribution is 2.26. The number of hydrogen-bond acceptors (Lipinski definition) is 4. The van der Waals surface area contributed by atoms with E-state index in [1.807, 2.05) is 13.0 Å². The van der Waals surface area contributed by atoms with Crippen LogP contribution in [-0.4, -0.2) is 24.6 Å². The number of amides is 1. The number of carbonyl (C=O) groups excluding carboxylic acids is 2. The molecule has 28 heavy (non-hydrogen) atoms. The van der Waals surface area contributed by atoms with E-state index in [0.29, 0.717) is 24.3 Å². The number of nitrogens with one attached hydrogen (secondary N) is 1. The monoisotopic (exact) mass is 381 g/mol. The molecule has 1 aliphatic rings. The fourth-order valence-electron chi connectivity index (χ4n) is 3.40. The molecule has 0 aromatic heterocycles. The molecule has 1 N–H and O–H groups in total. The highest BCUT2D eigenvalue weighted by atomic mass is 16.5. The Morgan fingerprint density at radius 1 is 1.00 bits per heavy atom. The van der Waals surface area contributed by atoms with Crippen molar-refractivity contribution in [3.05, 3.63) is 59.2 Å². The van der Waals surface area contributed by atoms with Crippen molar-refractivity contribution in [1.29, 1.82) is 0 Å². The molecule has 0 aliphatic heterocycles. The van der Waals surface area contributed by atoms with Crippen molar-refractivity contribution in [2.24, 2.45) is 0 Å². The zero-order valence-electron chi connectivity index (χ0n) is 16.5. The van der Waals surface area contributed by atoms with E-state index in [9.17, 15) is 9.59 Å². The van der Waals surface area contributed by atoms with Crippen molar-refractivity contribution in [3.63, 3.8) is 0 Å². The molecule has 2 aromatic rings. The quantitative estimate of drug-likeness (QED) is 0.715. The Kier molecular flexibility index (Phi) is 6.69. The minimum Gasteiger partial charge on any atom is -0.481 e. The lowest BCUT2D eigenvalue weighted by Crippen LogP contribution is -2.32. The second-order valence-electron chi connectivity index (χ2n) is 6.94. The van der Waals surface area contributed by atoms with Gasteiger partial charge in [-0.2, -0.15) is 0 Å². The summed E-state index contributed by atoms with van der Waals surface area (Å²) >= 11 is 0. The molecule has 0 heterocycles. The number of carbonyl (C=O) groups is 2. The van der Waals surface area contributed by atoms with Crippen molar-refractivity contribution in [2.75, 3.05) is 11.9 Å². The Morgan fingerprint density at radius 3 is 2.39 bits per heavy atom. The zero-order chi connectivity index (χ0) is 19.9. The van der Waals surface area contributed by atoms with Crippen molar-refractivity contribution < 1.29 is 19.1 Å². The molecular formula is C23H27NO4. The summed E-state index contributed by atoms with van der Waals surface area (Å²) in [5.41, 5.74) is 3.79. The second-order valence-corrected chi connectivity index (χ2v) is 6.94. The Morgan fingerprint density at radius 2 is 1.71 bits per heavy atom. The molecule has 1 amide bonds. The maximum atomic E-state index is 12.6. The van der Waals surface area contributed by atoms with Gasteiger partial charge in [0.15, 0.2) is 6.10 Å². The summed E-state index contributed by atoms with van der Waals surface area (Å²) in [6.45, 7) is 4.02. The highest BCUT2D eigenvalue weighted by molar-refractivity contribution is 5.95. The molecule has 0 fully saturated rings. The van der Waals surface area contributed by atoms with Gasteiger partial charge >= 0.3 is 5.97 Å². The first-order chi connectivity index (χ1) is 13.6. The Labute approximate surface area is 166 Å². The van der Waals surface area contributed by atoms with Crippen LogP contribution in [0, 0.1) is 0 Å². The molecule has 0 bridgehead atoms. The van der Waals surface area contributed by atoms with Gasteiger partial charge in [-0.3, -0.25) is 4.79 Å². The summed E-state index contributed by atoms with van der Waals surface area (Å²) in [5.74, 6) is 0.159. The lowest BCUT2D eigenvalue weighted by molar-refractivity contribution is -0.122. The van der Waals surface area contributed by atoms with E-state index in [-0.39, 0.29) is 11.9 Å². The molecule has 148 valence electrons. The Bertz CT molecular complexity index is 829. The van der Waals surface area contributed by atoms with Gasteiger partial charge in [0.05, 0.1) is 12.2 Å². The first kappa shape index (κ1) is 19.9. The average molecular weight is 381 g/mol. The average Bonchev–Trinajstić information content (AvgIpc) is 2.72. The molecule has 5 heteroatoms. The predicted octanol–water partition coefficient (Wildman–Crippen LogP) is 4.54. The molecule has 0 saturated carbocycles. The van der Waals surface area contributed by atoms with Gasteiger partial charge in [-0.1, -0.05) is 13.0 Å². The Hall–Kier alpha value is -2.82. The van der Waals surface area contributed by atoms with Crippen molar-refractivity contribution in [3.8, 4) is 5.75 Å². The first-order valence-electron chi connectivity index (χ1n) is 9.97.